The van der Waals surface area contributed by atoms with Gasteiger partial charge in [0.25, 0.3) is 5.91 Å². The van der Waals surface area contributed by atoms with Crippen molar-refractivity contribution in [1.29, 1.82) is 0 Å². The topological polar surface area (TPSA) is 55.6 Å². The molecule has 0 spiro atoms. The van der Waals surface area contributed by atoms with Crippen molar-refractivity contribution >= 4 is 27.5 Å². The maximum absolute atomic E-state index is 14.2. The van der Waals surface area contributed by atoms with Crippen LogP contribution < -0.4 is 10.6 Å². The van der Waals surface area contributed by atoms with Crippen LogP contribution >= 0.6 is 15.9 Å². The molecule has 0 bridgehead atoms. The summed E-state index contributed by atoms with van der Waals surface area (Å²) in [5.41, 5.74) is 6.85. The molecule has 1 aliphatic rings. The summed E-state index contributed by atoms with van der Waals surface area (Å²) >= 11 is 3.29. The Hall–Kier alpha value is -1.92. The van der Waals surface area contributed by atoms with Gasteiger partial charge >= 0.3 is 0 Å². The Bertz CT molecular complexity index is 754. The first-order chi connectivity index (χ1) is 11.5. The Morgan fingerprint density at radius 3 is 2.67 bits per heavy atom. The van der Waals surface area contributed by atoms with Gasteiger partial charge in [0.15, 0.2) is 0 Å². The van der Waals surface area contributed by atoms with Crippen LogP contribution in [-0.2, 0) is 4.74 Å². The number of hydrogen-bond donors (Lipinski definition) is 1. The van der Waals surface area contributed by atoms with Crippen LogP contribution in [0.3, 0.4) is 0 Å². The smallest absolute Gasteiger partial charge is 0.253 e. The minimum absolute atomic E-state index is 0.0632. The molecule has 2 N–H and O–H groups in total. The fourth-order valence-corrected chi connectivity index (χ4v) is 3.47. The van der Waals surface area contributed by atoms with Crippen molar-refractivity contribution in [3.05, 3.63) is 63.9 Å². The van der Waals surface area contributed by atoms with Crippen molar-refractivity contribution in [3.63, 3.8) is 0 Å². The Kier molecular flexibility index (Phi) is 4.87. The van der Waals surface area contributed by atoms with Gasteiger partial charge in [0.05, 0.1) is 17.4 Å². The number of nitrogens with zero attached hydrogens (tertiary/aromatic N) is 1. The zero-order valence-corrected chi connectivity index (χ0v) is 14.8. The zero-order chi connectivity index (χ0) is 17.3. The quantitative estimate of drug-likeness (QED) is 0.866. The van der Waals surface area contributed by atoms with Crippen LogP contribution in [0, 0.1) is 5.82 Å². The minimum Gasteiger partial charge on any atom is -0.367 e. The molecule has 1 aliphatic heterocycles. The van der Waals surface area contributed by atoms with Gasteiger partial charge in [-0.25, -0.2) is 4.39 Å². The molecular formula is C18H18BrFN2O2. The van der Waals surface area contributed by atoms with E-state index in [0.29, 0.717) is 23.2 Å². The van der Waals surface area contributed by atoms with Gasteiger partial charge in [-0.2, -0.15) is 0 Å². The Balaban J connectivity index is 1.98. The molecule has 4 nitrogen and oxygen atoms in total. The molecule has 1 amide bonds. The first-order valence-electron chi connectivity index (χ1n) is 7.70. The number of rotatable bonds is 3. The molecule has 1 fully saturated rings. The molecule has 3 rings (SSSR count). The molecule has 1 saturated heterocycles. The van der Waals surface area contributed by atoms with Crippen LogP contribution in [-0.4, -0.2) is 25.1 Å². The molecule has 2 unspecified atom stereocenters. The second-order valence-electron chi connectivity index (χ2n) is 5.90. The van der Waals surface area contributed by atoms with Gasteiger partial charge < -0.3 is 15.4 Å². The number of nitrogens with two attached hydrogens (primary N) is 1. The maximum Gasteiger partial charge on any atom is 0.253 e. The average molecular weight is 393 g/mol. The second-order valence-corrected chi connectivity index (χ2v) is 6.81. The van der Waals surface area contributed by atoms with E-state index in [1.54, 1.807) is 6.07 Å². The Morgan fingerprint density at radius 1 is 1.29 bits per heavy atom. The molecule has 2 aromatic carbocycles. The summed E-state index contributed by atoms with van der Waals surface area (Å²) in [6.45, 7) is 3.03. The third-order valence-corrected chi connectivity index (χ3v) is 4.51. The van der Waals surface area contributed by atoms with Crippen LogP contribution in [0.2, 0.25) is 0 Å². The molecule has 0 aromatic heterocycles. The molecule has 24 heavy (non-hydrogen) atoms. The second kappa shape index (κ2) is 6.91. The van der Waals surface area contributed by atoms with Gasteiger partial charge in [-0.1, -0.05) is 46.3 Å². The predicted molar refractivity (Wildman–Crippen MR) is 94.6 cm³/mol. The van der Waals surface area contributed by atoms with E-state index in [9.17, 15) is 9.18 Å². The van der Waals surface area contributed by atoms with Gasteiger partial charge in [-0.15, -0.1) is 0 Å². The number of anilines is 1. The Morgan fingerprint density at radius 2 is 2.00 bits per heavy atom. The number of benzene rings is 2. The molecule has 0 saturated carbocycles. The highest BCUT2D eigenvalue weighted by atomic mass is 79.9. The lowest BCUT2D eigenvalue weighted by atomic mass is 10.0. The number of primary amides is 1. The van der Waals surface area contributed by atoms with Gasteiger partial charge in [0.1, 0.15) is 11.9 Å². The van der Waals surface area contributed by atoms with Crippen molar-refractivity contribution in [3.8, 4) is 0 Å². The maximum atomic E-state index is 14.2. The number of carbonyl (C=O) groups is 1. The summed E-state index contributed by atoms with van der Waals surface area (Å²) in [7, 11) is 0. The highest BCUT2D eigenvalue weighted by Crippen LogP contribution is 2.33. The predicted octanol–water partition coefficient (Wildman–Crippen LogP) is 3.65. The highest BCUT2D eigenvalue weighted by molar-refractivity contribution is 9.10. The third kappa shape index (κ3) is 3.44. The van der Waals surface area contributed by atoms with Crippen molar-refractivity contribution in [2.24, 2.45) is 5.73 Å². The third-order valence-electron chi connectivity index (χ3n) is 4.05. The SMILES string of the molecule is CC1CN(c2cc(Br)cc(F)c2C(N)=O)CC(c2ccccc2)O1. The molecular weight excluding hydrogens is 375 g/mol. The highest BCUT2D eigenvalue weighted by Gasteiger charge is 2.29. The van der Waals surface area contributed by atoms with Crippen molar-refractivity contribution in [2.45, 2.75) is 19.1 Å². The van der Waals surface area contributed by atoms with Crippen LogP contribution in [0.4, 0.5) is 10.1 Å². The van der Waals surface area contributed by atoms with E-state index in [0.717, 1.165) is 5.56 Å². The number of halogens is 2. The van der Waals surface area contributed by atoms with Crippen LogP contribution in [0.15, 0.2) is 46.9 Å². The minimum atomic E-state index is -0.773. The molecule has 2 aromatic rings. The fraction of sp³-hybridized carbons (Fsp3) is 0.278. The lowest BCUT2D eigenvalue weighted by molar-refractivity contribution is -0.0174. The average Bonchev–Trinajstić information content (AvgIpc) is 2.54. The van der Waals surface area contributed by atoms with E-state index in [4.69, 9.17) is 10.5 Å². The number of carbonyl (C=O) groups excluding carboxylic acids is 1. The molecule has 126 valence electrons. The van der Waals surface area contributed by atoms with E-state index < -0.39 is 11.7 Å². The van der Waals surface area contributed by atoms with Gasteiger partial charge in [0, 0.05) is 17.6 Å². The van der Waals surface area contributed by atoms with Crippen molar-refractivity contribution in [2.75, 3.05) is 18.0 Å². The van der Waals surface area contributed by atoms with Gasteiger partial charge in [-0.3, -0.25) is 4.79 Å². The monoisotopic (exact) mass is 392 g/mol. The van der Waals surface area contributed by atoms with E-state index >= 15 is 0 Å². The molecule has 0 aliphatic carbocycles. The van der Waals surface area contributed by atoms with E-state index in [1.165, 1.54) is 6.07 Å². The number of ether oxygens (including phenoxy) is 1. The summed E-state index contributed by atoms with van der Waals surface area (Å²) in [5.74, 6) is -1.40. The van der Waals surface area contributed by atoms with E-state index in [-0.39, 0.29) is 17.8 Å². The summed E-state index contributed by atoms with van der Waals surface area (Å²) in [6, 6.07) is 12.8. The summed E-state index contributed by atoms with van der Waals surface area (Å²) in [6.07, 6.45) is -0.218. The summed E-state index contributed by atoms with van der Waals surface area (Å²) in [5, 5.41) is 0. The number of morpholine rings is 1. The normalized spacial score (nSPS) is 20.9. The number of amides is 1. The van der Waals surface area contributed by atoms with E-state index in [2.05, 4.69) is 15.9 Å². The zero-order valence-electron chi connectivity index (χ0n) is 13.2. The largest absolute Gasteiger partial charge is 0.367 e. The first-order valence-corrected chi connectivity index (χ1v) is 8.49. The van der Waals surface area contributed by atoms with Gasteiger partial charge in [-0.05, 0) is 24.6 Å². The molecule has 0 radical (unpaired) electrons. The van der Waals surface area contributed by atoms with E-state index in [1.807, 2.05) is 42.2 Å². The molecule has 6 heteroatoms. The van der Waals surface area contributed by atoms with Crippen LogP contribution in [0.5, 0.6) is 0 Å². The first kappa shape index (κ1) is 16.9. The van der Waals surface area contributed by atoms with Crippen molar-refractivity contribution < 1.29 is 13.9 Å². The van der Waals surface area contributed by atoms with Crippen LogP contribution in [0.25, 0.3) is 0 Å². The molecule has 1 heterocycles. The lowest BCUT2D eigenvalue weighted by Crippen LogP contribution is -2.43. The summed E-state index contributed by atoms with van der Waals surface area (Å²) in [4.78, 5) is 13.7. The van der Waals surface area contributed by atoms with Gasteiger partial charge in [0.2, 0.25) is 0 Å². The Labute approximate surface area is 148 Å². The summed E-state index contributed by atoms with van der Waals surface area (Å²) < 4.78 is 20.8. The van der Waals surface area contributed by atoms with Crippen molar-refractivity contribution in [1.82, 2.24) is 0 Å². The standard InChI is InChI=1S/C18H18BrFN2O2/c1-11-9-22(10-16(24-11)12-5-3-2-4-6-12)15-8-13(19)7-14(20)17(15)18(21)23/h2-8,11,16H,9-10H2,1H3,(H2,21,23). The number of hydrogen-bond acceptors (Lipinski definition) is 3. The lowest BCUT2D eigenvalue weighted by Gasteiger charge is -2.39. The fourth-order valence-electron chi connectivity index (χ4n) is 3.05. The molecule has 2 atom stereocenters. The van der Waals surface area contributed by atoms with Crippen LogP contribution in [0.1, 0.15) is 28.9 Å².